The lowest BCUT2D eigenvalue weighted by Gasteiger charge is -2.20. The van der Waals surface area contributed by atoms with E-state index in [0.717, 1.165) is 10.6 Å². The number of amides is 1. The van der Waals surface area contributed by atoms with Gasteiger partial charge in [0.05, 0.1) is 0 Å². The second-order valence-electron chi connectivity index (χ2n) is 3.98. The van der Waals surface area contributed by atoms with Crippen LogP contribution in [-0.4, -0.2) is 40.0 Å². The summed E-state index contributed by atoms with van der Waals surface area (Å²) in [6.45, 7) is 1.46. The summed E-state index contributed by atoms with van der Waals surface area (Å²) in [5.74, 6) is -1.42. The lowest BCUT2D eigenvalue weighted by Crippen LogP contribution is -2.40. The number of hydrogen-bond acceptors (Lipinski definition) is 5. The molecule has 0 aliphatic rings. The number of carboxylic acids is 1. The topological polar surface area (TPSA) is 70.5 Å². The number of likely N-dealkylation sites (N-methyl/N-ethyl adjacent to an activating group) is 1. The van der Waals surface area contributed by atoms with Gasteiger partial charge in [0.2, 0.25) is 0 Å². The van der Waals surface area contributed by atoms with Crippen LogP contribution in [0.25, 0.3) is 10.6 Å². The minimum absolute atomic E-state index is 0.279. The standard InChI is InChI=1S/C12H12N2O3S2/c1-7(12(16)17)14(2)11(15)9-6-19-10(13-9)8-3-4-18-5-8/h3-7H,1-2H3,(H,16,17). The molecular formula is C12H12N2O3S2. The zero-order valence-corrected chi connectivity index (χ0v) is 12.0. The number of thiophene rings is 1. The lowest BCUT2D eigenvalue weighted by molar-refractivity contribution is -0.141. The fourth-order valence-electron chi connectivity index (χ4n) is 1.41. The van der Waals surface area contributed by atoms with Gasteiger partial charge in [0.15, 0.2) is 0 Å². The Balaban J connectivity index is 2.19. The molecule has 1 amide bonds. The van der Waals surface area contributed by atoms with Crippen molar-refractivity contribution in [2.24, 2.45) is 0 Å². The van der Waals surface area contributed by atoms with Crippen LogP contribution in [0, 0.1) is 0 Å². The van der Waals surface area contributed by atoms with Crippen LogP contribution in [0.1, 0.15) is 17.4 Å². The minimum Gasteiger partial charge on any atom is -0.480 e. The van der Waals surface area contributed by atoms with Gasteiger partial charge in [-0.2, -0.15) is 11.3 Å². The molecule has 2 aromatic heterocycles. The van der Waals surface area contributed by atoms with Gasteiger partial charge in [0, 0.05) is 23.4 Å². The van der Waals surface area contributed by atoms with Gasteiger partial charge in [-0.3, -0.25) is 4.79 Å². The molecule has 5 nitrogen and oxygen atoms in total. The van der Waals surface area contributed by atoms with Gasteiger partial charge in [-0.05, 0) is 18.4 Å². The van der Waals surface area contributed by atoms with Crippen molar-refractivity contribution in [3.8, 4) is 10.6 Å². The third-order valence-electron chi connectivity index (χ3n) is 2.75. The van der Waals surface area contributed by atoms with Gasteiger partial charge < -0.3 is 10.0 Å². The Labute approximate surface area is 118 Å². The number of rotatable bonds is 4. The summed E-state index contributed by atoms with van der Waals surface area (Å²) in [5, 5.41) is 15.2. The predicted molar refractivity (Wildman–Crippen MR) is 74.6 cm³/mol. The maximum Gasteiger partial charge on any atom is 0.326 e. The molecule has 0 aromatic carbocycles. The summed E-state index contributed by atoms with van der Waals surface area (Å²) in [5.41, 5.74) is 1.25. The monoisotopic (exact) mass is 296 g/mol. The lowest BCUT2D eigenvalue weighted by atomic mass is 10.3. The van der Waals surface area contributed by atoms with E-state index in [-0.39, 0.29) is 11.6 Å². The normalized spacial score (nSPS) is 12.1. The minimum atomic E-state index is -1.04. The average Bonchev–Trinajstić information content (AvgIpc) is 3.05. The van der Waals surface area contributed by atoms with Crippen LogP contribution in [0.4, 0.5) is 0 Å². The van der Waals surface area contributed by atoms with E-state index in [1.165, 1.54) is 30.2 Å². The van der Waals surface area contributed by atoms with Crippen molar-refractivity contribution in [3.05, 3.63) is 27.9 Å². The molecule has 0 aliphatic heterocycles. The molecule has 0 aliphatic carbocycles. The predicted octanol–water partition coefficient (Wildman–Crippen LogP) is 2.42. The van der Waals surface area contributed by atoms with E-state index < -0.39 is 12.0 Å². The number of carbonyl (C=O) groups excluding carboxylic acids is 1. The number of nitrogens with zero attached hydrogens (tertiary/aromatic N) is 2. The van der Waals surface area contributed by atoms with Crippen LogP contribution in [0.5, 0.6) is 0 Å². The molecule has 0 saturated heterocycles. The molecule has 0 fully saturated rings. The summed E-state index contributed by atoms with van der Waals surface area (Å²) in [6, 6.07) is 1.06. The third kappa shape index (κ3) is 2.82. The van der Waals surface area contributed by atoms with Crippen molar-refractivity contribution in [3.63, 3.8) is 0 Å². The van der Waals surface area contributed by atoms with Gasteiger partial charge in [0.1, 0.15) is 16.7 Å². The van der Waals surface area contributed by atoms with Crippen molar-refractivity contribution in [2.45, 2.75) is 13.0 Å². The molecule has 2 aromatic rings. The molecule has 19 heavy (non-hydrogen) atoms. The molecule has 1 unspecified atom stereocenters. The molecular weight excluding hydrogens is 284 g/mol. The van der Waals surface area contributed by atoms with Crippen molar-refractivity contribution in [1.29, 1.82) is 0 Å². The fourth-order valence-corrected chi connectivity index (χ4v) is 2.92. The Morgan fingerprint density at radius 2 is 2.16 bits per heavy atom. The highest BCUT2D eigenvalue weighted by Gasteiger charge is 2.24. The molecule has 100 valence electrons. The van der Waals surface area contributed by atoms with Gasteiger partial charge in [-0.15, -0.1) is 11.3 Å². The third-order valence-corrected chi connectivity index (χ3v) is 4.32. The van der Waals surface area contributed by atoms with E-state index in [1.54, 1.807) is 16.7 Å². The highest BCUT2D eigenvalue weighted by molar-refractivity contribution is 7.14. The number of carboxylic acid groups (broad SMARTS) is 1. The van der Waals surface area contributed by atoms with E-state index in [0.29, 0.717) is 0 Å². The zero-order valence-electron chi connectivity index (χ0n) is 10.4. The highest BCUT2D eigenvalue weighted by atomic mass is 32.1. The van der Waals surface area contributed by atoms with Crippen molar-refractivity contribution in [1.82, 2.24) is 9.88 Å². The molecule has 1 N–H and O–H groups in total. The Morgan fingerprint density at radius 3 is 2.74 bits per heavy atom. The van der Waals surface area contributed by atoms with Crippen LogP contribution in [0.3, 0.4) is 0 Å². The Morgan fingerprint density at radius 1 is 1.42 bits per heavy atom. The van der Waals surface area contributed by atoms with Crippen LogP contribution in [0.15, 0.2) is 22.2 Å². The first kappa shape index (κ1) is 13.7. The Bertz CT molecular complexity index is 592. The summed E-state index contributed by atoms with van der Waals surface area (Å²) >= 11 is 2.93. The SMILES string of the molecule is CC(C(=O)O)N(C)C(=O)c1csc(-c2ccsc2)n1. The summed E-state index contributed by atoms with van der Waals surface area (Å²) in [7, 11) is 1.46. The molecule has 0 radical (unpaired) electrons. The number of aromatic nitrogens is 1. The Hall–Kier alpha value is -1.73. The van der Waals surface area contributed by atoms with Crippen LogP contribution in [-0.2, 0) is 4.79 Å². The molecule has 1 atom stereocenters. The molecule has 0 saturated carbocycles. The van der Waals surface area contributed by atoms with Gasteiger partial charge >= 0.3 is 5.97 Å². The van der Waals surface area contributed by atoms with E-state index in [1.807, 2.05) is 16.8 Å². The number of hydrogen-bond donors (Lipinski definition) is 1. The number of carbonyl (C=O) groups is 2. The maximum absolute atomic E-state index is 12.1. The molecule has 7 heteroatoms. The van der Waals surface area contributed by atoms with Crippen molar-refractivity contribution >= 4 is 34.6 Å². The van der Waals surface area contributed by atoms with Crippen molar-refractivity contribution < 1.29 is 14.7 Å². The summed E-state index contributed by atoms with van der Waals surface area (Å²) in [4.78, 5) is 28.4. The summed E-state index contributed by atoms with van der Waals surface area (Å²) in [6.07, 6.45) is 0. The average molecular weight is 296 g/mol. The largest absolute Gasteiger partial charge is 0.480 e. The van der Waals surface area contributed by atoms with Crippen molar-refractivity contribution in [2.75, 3.05) is 7.05 Å². The maximum atomic E-state index is 12.1. The molecule has 2 rings (SSSR count). The van der Waals surface area contributed by atoms with Crippen LogP contribution in [0.2, 0.25) is 0 Å². The van der Waals surface area contributed by atoms with E-state index in [2.05, 4.69) is 4.98 Å². The zero-order chi connectivity index (χ0) is 14.0. The first-order chi connectivity index (χ1) is 9.00. The first-order valence-corrected chi connectivity index (χ1v) is 7.31. The smallest absolute Gasteiger partial charge is 0.326 e. The van der Waals surface area contributed by atoms with E-state index in [9.17, 15) is 9.59 Å². The number of thiazole rings is 1. The Kier molecular flexibility index (Phi) is 3.96. The fraction of sp³-hybridized carbons (Fsp3) is 0.250. The van der Waals surface area contributed by atoms with Crippen LogP contribution >= 0.6 is 22.7 Å². The second kappa shape index (κ2) is 5.50. The van der Waals surface area contributed by atoms with Gasteiger partial charge in [0.25, 0.3) is 5.91 Å². The first-order valence-electron chi connectivity index (χ1n) is 5.48. The second-order valence-corrected chi connectivity index (χ2v) is 5.62. The summed E-state index contributed by atoms with van der Waals surface area (Å²) < 4.78 is 0. The van der Waals surface area contributed by atoms with E-state index >= 15 is 0 Å². The van der Waals surface area contributed by atoms with E-state index in [4.69, 9.17) is 5.11 Å². The van der Waals surface area contributed by atoms with Gasteiger partial charge in [-0.25, -0.2) is 9.78 Å². The molecule has 0 spiro atoms. The van der Waals surface area contributed by atoms with Crippen LogP contribution < -0.4 is 0 Å². The highest BCUT2D eigenvalue weighted by Crippen LogP contribution is 2.26. The molecule has 0 bridgehead atoms. The quantitative estimate of drug-likeness (QED) is 0.940. The number of aliphatic carboxylic acids is 1. The van der Waals surface area contributed by atoms with Gasteiger partial charge in [-0.1, -0.05) is 0 Å². The molecule has 2 heterocycles.